The summed E-state index contributed by atoms with van der Waals surface area (Å²) in [5.41, 5.74) is 0.797. The first kappa shape index (κ1) is 19.3. The zero-order chi connectivity index (χ0) is 18.2. The minimum atomic E-state index is -0.00308. The van der Waals surface area contributed by atoms with E-state index in [2.05, 4.69) is 15.5 Å². The van der Waals surface area contributed by atoms with Crippen molar-refractivity contribution >= 4 is 5.91 Å². The highest BCUT2D eigenvalue weighted by atomic mass is 16.5. The van der Waals surface area contributed by atoms with Crippen molar-refractivity contribution < 1.29 is 19.0 Å². The van der Waals surface area contributed by atoms with Crippen LogP contribution in [0.4, 0.5) is 0 Å². The molecule has 0 aliphatic carbocycles. The molecule has 2 N–H and O–H groups in total. The Kier molecular flexibility index (Phi) is 7.33. The van der Waals surface area contributed by atoms with Crippen LogP contribution in [0.3, 0.4) is 0 Å². The van der Waals surface area contributed by atoms with E-state index in [0.717, 1.165) is 31.5 Å². The summed E-state index contributed by atoms with van der Waals surface area (Å²) in [5, 5.41) is 6.25. The van der Waals surface area contributed by atoms with Crippen molar-refractivity contribution in [2.24, 2.45) is 0 Å². The van der Waals surface area contributed by atoms with Gasteiger partial charge in [0, 0.05) is 24.7 Å². The Morgan fingerprint density at radius 2 is 1.88 bits per heavy atom. The molecule has 0 radical (unpaired) electrons. The Morgan fingerprint density at radius 1 is 1.20 bits per heavy atom. The lowest BCUT2D eigenvalue weighted by Crippen LogP contribution is -2.47. The molecule has 25 heavy (non-hydrogen) atoms. The van der Waals surface area contributed by atoms with Crippen LogP contribution in [-0.4, -0.2) is 64.9 Å². The predicted octanol–water partition coefficient (Wildman–Crippen LogP) is 1.01. The number of methoxy groups -OCH3 is 3. The largest absolute Gasteiger partial charge is 0.496 e. The van der Waals surface area contributed by atoms with Gasteiger partial charge in [-0.3, -0.25) is 9.69 Å². The third kappa shape index (κ3) is 5.24. The molecule has 1 heterocycles. The number of hydrogen-bond acceptors (Lipinski definition) is 6. The monoisotopic (exact) mass is 351 g/mol. The highest BCUT2D eigenvalue weighted by Crippen LogP contribution is 2.33. The second-order valence-corrected chi connectivity index (χ2v) is 6.15. The molecule has 0 spiro atoms. The maximum atomic E-state index is 12.3. The average molecular weight is 351 g/mol. The van der Waals surface area contributed by atoms with Crippen LogP contribution in [0.5, 0.6) is 17.2 Å². The molecule has 1 aromatic rings. The van der Waals surface area contributed by atoms with Crippen molar-refractivity contribution in [3.05, 3.63) is 17.7 Å². The number of piperidine rings is 1. The topological polar surface area (TPSA) is 72.1 Å². The third-order valence-electron chi connectivity index (χ3n) is 4.56. The minimum absolute atomic E-state index is 0.00308. The summed E-state index contributed by atoms with van der Waals surface area (Å²) < 4.78 is 16.1. The van der Waals surface area contributed by atoms with Crippen molar-refractivity contribution in [1.29, 1.82) is 0 Å². The Balaban J connectivity index is 1.97. The Hall–Kier alpha value is -1.99. The van der Waals surface area contributed by atoms with Crippen LogP contribution in [0.2, 0.25) is 0 Å². The lowest BCUT2D eigenvalue weighted by atomic mass is 10.1. The number of hydrogen-bond donors (Lipinski definition) is 2. The van der Waals surface area contributed by atoms with E-state index in [4.69, 9.17) is 14.2 Å². The van der Waals surface area contributed by atoms with Gasteiger partial charge in [-0.2, -0.15) is 0 Å². The number of likely N-dealkylation sites (N-methyl/N-ethyl adjacent to an activating group) is 1. The fourth-order valence-electron chi connectivity index (χ4n) is 3.13. The number of rotatable bonds is 8. The van der Waals surface area contributed by atoms with Crippen molar-refractivity contribution in [2.75, 3.05) is 48.0 Å². The van der Waals surface area contributed by atoms with Gasteiger partial charge < -0.3 is 24.8 Å². The van der Waals surface area contributed by atoms with Gasteiger partial charge in [-0.15, -0.1) is 0 Å². The lowest BCUT2D eigenvalue weighted by Gasteiger charge is -2.31. The molecule has 1 fully saturated rings. The summed E-state index contributed by atoms with van der Waals surface area (Å²) in [5.74, 6) is 1.90. The fourth-order valence-corrected chi connectivity index (χ4v) is 3.13. The summed E-state index contributed by atoms with van der Waals surface area (Å²) in [7, 11) is 6.74. The molecule has 1 saturated heterocycles. The summed E-state index contributed by atoms with van der Waals surface area (Å²) in [6, 6.07) is 4.03. The molecule has 1 aliphatic heterocycles. The quantitative estimate of drug-likeness (QED) is 0.728. The predicted molar refractivity (Wildman–Crippen MR) is 96.5 cm³/mol. The second-order valence-electron chi connectivity index (χ2n) is 6.15. The van der Waals surface area contributed by atoms with E-state index in [1.165, 1.54) is 0 Å². The summed E-state index contributed by atoms with van der Waals surface area (Å²) in [6.45, 7) is 2.61. The van der Waals surface area contributed by atoms with Gasteiger partial charge in [-0.1, -0.05) is 0 Å². The van der Waals surface area contributed by atoms with Crippen molar-refractivity contribution in [3.63, 3.8) is 0 Å². The first-order valence-corrected chi connectivity index (χ1v) is 8.56. The number of carbonyl (C=O) groups excluding carboxylic acids is 1. The van der Waals surface area contributed by atoms with Crippen molar-refractivity contribution in [2.45, 2.75) is 25.4 Å². The molecule has 1 amide bonds. The molecular formula is C18H29N3O4. The van der Waals surface area contributed by atoms with Crippen LogP contribution in [0.25, 0.3) is 0 Å². The molecule has 2 rings (SSSR count). The number of nitrogens with zero attached hydrogens (tertiary/aromatic N) is 1. The molecule has 7 heteroatoms. The standard InChI is InChI=1S/C18H29N3O4/c1-19-13-6-5-7-21(11-13)12-18(22)20-10-15-16(24-3)8-14(23-2)9-17(15)25-4/h8-9,13,19H,5-7,10-12H2,1-4H3,(H,20,22). The molecule has 0 saturated carbocycles. The second kappa shape index (κ2) is 9.48. The van der Waals surface area contributed by atoms with Gasteiger partial charge in [-0.05, 0) is 26.4 Å². The van der Waals surface area contributed by atoms with Crippen LogP contribution < -0.4 is 24.8 Å². The van der Waals surface area contributed by atoms with E-state index < -0.39 is 0 Å². The van der Waals surface area contributed by atoms with Gasteiger partial charge in [0.1, 0.15) is 17.2 Å². The van der Waals surface area contributed by atoms with E-state index >= 15 is 0 Å². The zero-order valence-electron chi connectivity index (χ0n) is 15.6. The Morgan fingerprint density at radius 3 is 2.44 bits per heavy atom. The highest BCUT2D eigenvalue weighted by Gasteiger charge is 2.21. The average Bonchev–Trinajstić information content (AvgIpc) is 2.65. The minimum Gasteiger partial charge on any atom is -0.496 e. The molecule has 7 nitrogen and oxygen atoms in total. The van der Waals surface area contributed by atoms with Gasteiger partial charge in [-0.25, -0.2) is 0 Å². The van der Waals surface area contributed by atoms with E-state index in [1.54, 1.807) is 33.5 Å². The molecule has 140 valence electrons. The smallest absolute Gasteiger partial charge is 0.234 e. The number of benzene rings is 1. The van der Waals surface area contributed by atoms with Crippen LogP contribution >= 0.6 is 0 Å². The van der Waals surface area contributed by atoms with Crippen molar-refractivity contribution in [3.8, 4) is 17.2 Å². The summed E-state index contributed by atoms with van der Waals surface area (Å²) in [6.07, 6.45) is 2.27. The fraction of sp³-hybridized carbons (Fsp3) is 0.611. The number of carbonyl (C=O) groups is 1. The number of ether oxygens (including phenoxy) is 3. The first-order valence-electron chi connectivity index (χ1n) is 8.56. The lowest BCUT2D eigenvalue weighted by molar-refractivity contribution is -0.122. The van der Waals surface area contributed by atoms with Gasteiger partial charge in [0.2, 0.25) is 5.91 Å². The zero-order valence-corrected chi connectivity index (χ0v) is 15.6. The third-order valence-corrected chi connectivity index (χ3v) is 4.56. The number of amides is 1. The van der Waals surface area contributed by atoms with E-state index in [9.17, 15) is 4.79 Å². The molecule has 1 aromatic carbocycles. The number of nitrogens with one attached hydrogen (secondary N) is 2. The van der Waals surface area contributed by atoms with Crippen LogP contribution in [0, 0.1) is 0 Å². The van der Waals surface area contributed by atoms with Gasteiger partial charge in [0.15, 0.2) is 0 Å². The molecule has 0 aromatic heterocycles. The maximum absolute atomic E-state index is 12.3. The summed E-state index contributed by atoms with van der Waals surface area (Å²) in [4.78, 5) is 14.5. The SMILES string of the molecule is CNC1CCCN(CC(=O)NCc2c(OC)cc(OC)cc2OC)C1. The van der Waals surface area contributed by atoms with E-state index in [1.807, 2.05) is 7.05 Å². The van der Waals surface area contributed by atoms with Crippen LogP contribution in [0.15, 0.2) is 12.1 Å². The number of likely N-dealkylation sites (tertiary alicyclic amines) is 1. The summed E-state index contributed by atoms with van der Waals surface area (Å²) >= 11 is 0. The van der Waals surface area contributed by atoms with E-state index in [0.29, 0.717) is 36.4 Å². The van der Waals surface area contributed by atoms with Gasteiger partial charge in [0.25, 0.3) is 0 Å². The van der Waals surface area contributed by atoms with Crippen molar-refractivity contribution in [1.82, 2.24) is 15.5 Å². The highest BCUT2D eigenvalue weighted by molar-refractivity contribution is 5.78. The normalized spacial score (nSPS) is 17.8. The van der Waals surface area contributed by atoms with Crippen LogP contribution in [-0.2, 0) is 11.3 Å². The Bertz CT molecular complexity index is 554. The maximum Gasteiger partial charge on any atom is 0.234 e. The molecule has 1 aliphatic rings. The first-order chi connectivity index (χ1) is 12.1. The van der Waals surface area contributed by atoms with Gasteiger partial charge >= 0.3 is 0 Å². The van der Waals surface area contributed by atoms with E-state index in [-0.39, 0.29) is 5.91 Å². The molecule has 1 unspecified atom stereocenters. The van der Waals surface area contributed by atoms with Gasteiger partial charge in [0.05, 0.1) is 40.0 Å². The molecule has 0 bridgehead atoms. The Labute approximate surface area is 149 Å². The molecular weight excluding hydrogens is 322 g/mol. The van der Waals surface area contributed by atoms with Crippen LogP contribution in [0.1, 0.15) is 18.4 Å². The molecule has 1 atom stereocenters.